The molecule has 1 fully saturated rings. The van der Waals surface area contributed by atoms with Crippen molar-refractivity contribution in [2.24, 2.45) is 15.9 Å². The Hall–Kier alpha value is -2.10. The maximum Gasteiger partial charge on any atom is 0.207 e. The molecule has 0 bridgehead atoms. The van der Waals surface area contributed by atoms with Crippen LogP contribution in [-0.4, -0.2) is 17.5 Å². The molecule has 1 aliphatic rings. The maximum atomic E-state index is 9.10. The van der Waals surface area contributed by atoms with E-state index in [1.54, 1.807) is 36.6 Å². The van der Waals surface area contributed by atoms with E-state index in [-0.39, 0.29) is 0 Å². The number of hydrogen-bond acceptors (Lipinski definition) is 4. The van der Waals surface area contributed by atoms with E-state index in [0.717, 1.165) is 11.3 Å². The molecule has 3 rings (SSSR count). The van der Waals surface area contributed by atoms with Gasteiger partial charge in [0.05, 0.1) is 12.7 Å². The molecule has 1 saturated carbocycles. The van der Waals surface area contributed by atoms with Crippen LogP contribution in [0, 0.1) is 24.3 Å². The minimum atomic E-state index is 0.311. The molecule has 7 heteroatoms. The van der Waals surface area contributed by atoms with E-state index in [9.17, 15) is 0 Å². The molecule has 25 heavy (non-hydrogen) atoms. The topological polar surface area (TPSA) is 62.7 Å². The Morgan fingerprint density at radius 1 is 1.48 bits per heavy atom. The second-order valence-electron chi connectivity index (χ2n) is 6.06. The van der Waals surface area contributed by atoms with Crippen LogP contribution in [0.3, 0.4) is 0 Å². The average molecular weight is 375 g/mol. The minimum Gasteiger partial charge on any atom is -0.496 e. The fraction of sp³-hybridized carbons (Fsp3) is 0.389. The number of thiazole rings is 1. The Morgan fingerprint density at radius 3 is 2.92 bits per heavy atom. The van der Waals surface area contributed by atoms with Crippen molar-refractivity contribution in [2.75, 3.05) is 7.11 Å². The van der Waals surface area contributed by atoms with E-state index < -0.39 is 0 Å². The molecule has 1 heterocycles. The second-order valence-corrected chi connectivity index (χ2v) is 7.33. The molecule has 0 atom stereocenters. The number of rotatable bonds is 4. The predicted molar refractivity (Wildman–Crippen MR) is 100 cm³/mol. The van der Waals surface area contributed by atoms with Crippen molar-refractivity contribution in [3.8, 4) is 11.9 Å². The summed E-state index contributed by atoms with van der Waals surface area (Å²) in [6.07, 6.45) is 5.68. The van der Waals surface area contributed by atoms with Gasteiger partial charge in [-0.3, -0.25) is 0 Å². The number of benzene rings is 1. The number of nitriles is 1. The molecule has 1 aromatic heterocycles. The fourth-order valence-electron chi connectivity index (χ4n) is 2.80. The number of aromatic nitrogens is 1. The first-order valence-corrected chi connectivity index (χ1v) is 9.38. The highest BCUT2D eigenvalue weighted by atomic mass is 35.5. The minimum absolute atomic E-state index is 0.311. The third-order valence-electron chi connectivity index (χ3n) is 4.42. The highest BCUT2D eigenvalue weighted by Crippen LogP contribution is 2.28. The molecule has 0 saturated heterocycles. The first-order chi connectivity index (χ1) is 12.1. The number of amidine groups is 1. The molecular formula is C18H19ClN4OS. The summed E-state index contributed by atoms with van der Waals surface area (Å²) in [5.74, 6) is 1.61. The van der Waals surface area contributed by atoms with Crippen molar-refractivity contribution in [1.82, 2.24) is 4.57 Å². The van der Waals surface area contributed by atoms with Crippen LogP contribution in [0.5, 0.6) is 5.75 Å². The number of aliphatic imine (C=N–C) groups is 1. The van der Waals surface area contributed by atoms with E-state index in [2.05, 4.69) is 26.9 Å². The number of methoxy groups -OCH3 is 1. The van der Waals surface area contributed by atoms with E-state index in [1.807, 2.05) is 6.19 Å². The van der Waals surface area contributed by atoms with Crippen LogP contribution in [-0.2, 0) is 6.54 Å². The Kier molecular flexibility index (Phi) is 5.57. The average Bonchev–Trinajstić information content (AvgIpc) is 2.90. The van der Waals surface area contributed by atoms with Crippen molar-refractivity contribution in [3.63, 3.8) is 0 Å². The zero-order chi connectivity index (χ0) is 17.8. The van der Waals surface area contributed by atoms with Gasteiger partial charge in [0, 0.05) is 22.6 Å². The van der Waals surface area contributed by atoms with Crippen LogP contribution in [0.4, 0.5) is 0 Å². The second kappa shape index (κ2) is 7.85. The monoisotopic (exact) mass is 374 g/mol. The Morgan fingerprint density at radius 2 is 2.28 bits per heavy atom. The third kappa shape index (κ3) is 3.94. The molecule has 130 valence electrons. The summed E-state index contributed by atoms with van der Waals surface area (Å²) in [4.78, 5) is 9.42. The van der Waals surface area contributed by atoms with Crippen molar-refractivity contribution >= 4 is 28.8 Å². The summed E-state index contributed by atoms with van der Waals surface area (Å²) in [6, 6.07) is 5.21. The zero-order valence-electron chi connectivity index (χ0n) is 14.2. The smallest absolute Gasteiger partial charge is 0.207 e. The lowest BCUT2D eigenvalue weighted by atomic mass is 9.85. The number of ether oxygens (including phenoxy) is 1. The summed E-state index contributed by atoms with van der Waals surface area (Å²) in [6.45, 7) is 3.04. The van der Waals surface area contributed by atoms with Gasteiger partial charge >= 0.3 is 0 Å². The Balaban J connectivity index is 2.07. The van der Waals surface area contributed by atoms with Crippen molar-refractivity contribution in [2.45, 2.75) is 32.7 Å². The van der Waals surface area contributed by atoms with Crippen LogP contribution in [0.1, 0.15) is 30.5 Å². The summed E-state index contributed by atoms with van der Waals surface area (Å²) in [7, 11) is 1.57. The zero-order valence-corrected chi connectivity index (χ0v) is 15.8. The molecule has 0 aliphatic heterocycles. The van der Waals surface area contributed by atoms with Crippen LogP contribution in [0.2, 0.25) is 5.02 Å². The van der Waals surface area contributed by atoms with Gasteiger partial charge in [-0.15, -0.1) is 11.3 Å². The molecule has 2 aromatic rings. The molecule has 5 nitrogen and oxygen atoms in total. The van der Waals surface area contributed by atoms with Crippen molar-refractivity contribution in [3.05, 3.63) is 44.7 Å². The van der Waals surface area contributed by atoms with E-state index >= 15 is 0 Å². The number of halogens is 1. The third-order valence-corrected chi connectivity index (χ3v) is 5.63. The van der Waals surface area contributed by atoms with Crippen LogP contribution >= 0.6 is 22.9 Å². The summed E-state index contributed by atoms with van der Waals surface area (Å²) in [5.41, 5.74) is 1.78. The molecule has 0 amide bonds. The van der Waals surface area contributed by atoms with Gasteiger partial charge in [0.25, 0.3) is 0 Å². The molecule has 1 aromatic carbocycles. The number of hydrogen-bond donors (Lipinski definition) is 0. The van der Waals surface area contributed by atoms with Gasteiger partial charge in [-0.1, -0.05) is 18.0 Å². The summed E-state index contributed by atoms with van der Waals surface area (Å²) in [5, 5.41) is 11.7. The quantitative estimate of drug-likeness (QED) is 0.458. The summed E-state index contributed by atoms with van der Waals surface area (Å²) >= 11 is 7.67. The largest absolute Gasteiger partial charge is 0.496 e. The van der Waals surface area contributed by atoms with Gasteiger partial charge in [0.1, 0.15) is 5.75 Å². The van der Waals surface area contributed by atoms with Crippen molar-refractivity contribution in [1.29, 1.82) is 5.26 Å². The number of nitrogens with zero attached hydrogens (tertiary/aromatic N) is 4. The van der Waals surface area contributed by atoms with E-state index in [0.29, 0.717) is 28.1 Å². The maximum absolute atomic E-state index is 9.10. The Labute approximate surface area is 155 Å². The molecule has 1 aliphatic carbocycles. The first-order valence-electron chi connectivity index (χ1n) is 8.12. The molecular weight excluding hydrogens is 356 g/mol. The van der Waals surface area contributed by atoms with Gasteiger partial charge in [-0.2, -0.15) is 15.2 Å². The lowest BCUT2D eigenvalue weighted by molar-refractivity contribution is 0.273. The standard InChI is InChI=1S/C18H19ClN4OS/c1-12-10-25-18(23(12)9-13-4-3-5-13)22-17(21-11-20)15-8-14(19)6-7-16(15)24-2/h6-8,10,13H,3-5,9H2,1-2H3/b21-17-,22-18-. The van der Waals surface area contributed by atoms with E-state index in [1.165, 1.54) is 25.0 Å². The first kappa shape index (κ1) is 17.7. The van der Waals surface area contributed by atoms with Crippen molar-refractivity contribution < 1.29 is 4.74 Å². The van der Waals surface area contributed by atoms with Gasteiger partial charge < -0.3 is 9.30 Å². The molecule has 0 N–H and O–H groups in total. The van der Waals surface area contributed by atoms with Gasteiger partial charge in [-0.05, 0) is 43.9 Å². The lowest BCUT2D eigenvalue weighted by Gasteiger charge is -2.26. The SMILES string of the molecule is COc1ccc(Cl)cc1C(=N/C#N)/N=c1\scc(C)n1CC1CCC1. The number of aryl methyl sites for hydroxylation is 1. The predicted octanol–water partition coefficient (Wildman–Crippen LogP) is 4.15. The van der Waals surface area contributed by atoms with Gasteiger partial charge in [0.15, 0.2) is 10.6 Å². The lowest BCUT2D eigenvalue weighted by Crippen LogP contribution is -2.26. The van der Waals surface area contributed by atoms with Gasteiger partial charge in [-0.25, -0.2) is 0 Å². The summed E-state index contributed by atoms with van der Waals surface area (Å²) < 4.78 is 7.59. The normalized spacial score (nSPS) is 15.8. The van der Waals surface area contributed by atoms with Crippen LogP contribution in [0.25, 0.3) is 0 Å². The highest BCUT2D eigenvalue weighted by Gasteiger charge is 2.19. The Bertz CT molecular complexity index is 903. The fourth-order valence-corrected chi connectivity index (χ4v) is 3.86. The van der Waals surface area contributed by atoms with E-state index in [4.69, 9.17) is 21.6 Å². The highest BCUT2D eigenvalue weighted by molar-refractivity contribution is 7.07. The van der Waals surface area contributed by atoms with Crippen LogP contribution < -0.4 is 9.54 Å². The van der Waals surface area contributed by atoms with Crippen LogP contribution in [0.15, 0.2) is 33.6 Å². The molecule has 0 unspecified atom stereocenters. The molecule has 0 spiro atoms. The molecule has 0 radical (unpaired) electrons. The van der Waals surface area contributed by atoms with Gasteiger partial charge in [0.2, 0.25) is 6.19 Å².